The Morgan fingerprint density at radius 3 is 2.51 bits per heavy atom. The highest BCUT2D eigenvalue weighted by Gasteiger charge is 2.32. The molecule has 1 fully saturated rings. The molecule has 0 aliphatic carbocycles. The van der Waals surface area contributed by atoms with E-state index in [0.717, 1.165) is 43.2 Å². The van der Waals surface area contributed by atoms with Gasteiger partial charge in [-0.25, -0.2) is 14.4 Å². The van der Waals surface area contributed by atoms with Gasteiger partial charge >= 0.3 is 6.36 Å². The molecule has 1 aliphatic heterocycles. The number of anilines is 2. The maximum absolute atomic E-state index is 13.8. The first-order chi connectivity index (χ1) is 16.7. The van der Waals surface area contributed by atoms with Gasteiger partial charge in [-0.1, -0.05) is 17.8 Å². The first-order valence-electron chi connectivity index (χ1n) is 10.5. The summed E-state index contributed by atoms with van der Waals surface area (Å²) in [5.41, 5.74) is 5.92. The van der Waals surface area contributed by atoms with E-state index in [1.807, 2.05) is 11.9 Å². The minimum atomic E-state index is -5.01. The predicted octanol–water partition coefficient (Wildman–Crippen LogP) is 3.97. The molecule has 0 radical (unpaired) electrons. The molecule has 3 heterocycles. The average molecular weight is 511 g/mol. The van der Waals surface area contributed by atoms with Crippen molar-refractivity contribution in [3.63, 3.8) is 0 Å². The van der Waals surface area contributed by atoms with Gasteiger partial charge in [0.25, 0.3) is 0 Å². The van der Waals surface area contributed by atoms with Gasteiger partial charge in [0, 0.05) is 37.3 Å². The molecule has 0 amide bonds. The van der Waals surface area contributed by atoms with Crippen molar-refractivity contribution in [1.82, 2.24) is 19.9 Å². The van der Waals surface area contributed by atoms with Crippen molar-refractivity contribution in [3.05, 3.63) is 54.1 Å². The van der Waals surface area contributed by atoms with E-state index < -0.39 is 17.9 Å². The zero-order valence-electron chi connectivity index (χ0n) is 18.6. The number of hydrogen-bond donors (Lipinski definition) is 1. The first kappa shape index (κ1) is 24.8. The van der Waals surface area contributed by atoms with E-state index in [2.05, 4.69) is 24.6 Å². The van der Waals surface area contributed by atoms with Gasteiger partial charge in [-0.05, 0) is 36.9 Å². The number of rotatable bonds is 7. The highest BCUT2D eigenvalue weighted by Crippen LogP contribution is 2.35. The van der Waals surface area contributed by atoms with Gasteiger partial charge in [0.1, 0.15) is 12.4 Å². The van der Waals surface area contributed by atoms with Gasteiger partial charge in [-0.2, -0.15) is 4.98 Å². The summed E-state index contributed by atoms with van der Waals surface area (Å²) in [6.45, 7) is 3.01. The second kappa shape index (κ2) is 10.5. The molecule has 0 spiro atoms. The fourth-order valence-electron chi connectivity index (χ4n) is 3.25. The Balaban J connectivity index is 1.57. The van der Waals surface area contributed by atoms with Crippen molar-refractivity contribution in [1.29, 1.82) is 0 Å². The Bertz CT molecular complexity index is 1160. The lowest BCUT2D eigenvalue weighted by Gasteiger charge is -2.32. The number of alkyl halides is 3. The van der Waals surface area contributed by atoms with Crippen LogP contribution in [0, 0.1) is 5.82 Å². The quantitative estimate of drug-likeness (QED) is 0.474. The van der Waals surface area contributed by atoms with E-state index in [-0.39, 0.29) is 18.1 Å². The van der Waals surface area contributed by atoms with Crippen LogP contribution in [0.1, 0.15) is 5.56 Å². The molecular weight excluding hydrogens is 488 g/mol. The van der Waals surface area contributed by atoms with Crippen LogP contribution in [-0.2, 0) is 6.61 Å². The van der Waals surface area contributed by atoms with Crippen LogP contribution >= 0.6 is 11.8 Å². The van der Waals surface area contributed by atoms with E-state index >= 15 is 0 Å². The number of nitrogens with zero attached hydrogens (tertiary/aromatic N) is 5. The Morgan fingerprint density at radius 1 is 1.06 bits per heavy atom. The van der Waals surface area contributed by atoms with E-state index in [4.69, 9.17) is 10.5 Å². The van der Waals surface area contributed by atoms with Crippen LogP contribution in [0.25, 0.3) is 0 Å². The zero-order chi connectivity index (χ0) is 25.0. The minimum Gasteiger partial charge on any atom is -0.472 e. The summed E-state index contributed by atoms with van der Waals surface area (Å²) in [5.74, 6) is -0.966. The van der Waals surface area contributed by atoms with Crippen LogP contribution in [0.5, 0.6) is 11.6 Å². The lowest BCUT2D eigenvalue weighted by Crippen LogP contribution is -2.45. The third-order valence-electron chi connectivity index (χ3n) is 5.08. The number of ether oxygens (including phenoxy) is 2. The van der Waals surface area contributed by atoms with Crippen molar-refractivity contribution < 1.29 is 27.0 Å². The number of halogens is 4. The number of nitrogens with two attached hydrogens (primary N) is 1. The molecule has 2 N–H and O–H groups in total. The van der Waals surface area contributed by atoms with Crippen molar-refractivity contribution >= 4 is 23.5 Å². The lowest BCUT2D eigenvalue weighted by atomic mass is 10.2. The smallest absolute Gasteiger partial charge is 0.472 e. The van der Waals surface area contributed by atoms with E-state index in [1.54, 1.807) is 24.5 Å². The number of hydrogen-bond acceptors (Lipinski definition) is 9. The van der Waals surface area contributed by atoms with E-state index in [9.17, 15) is 17.6 Å². The molecule has 3 aromatic rings. The Labute approximate surface area is 203 Å². The molecule has 186 valence electrons. The summed E-state index contributed by atoms with van der Waals surface area (Å²) in [6.07, 6.45) is -1.79. The van der Waals surface area contributed by atoms with Crippen LogP contribution in [0.2, 0.25) is 0 Å². The number of aromatic nitrogens is 3. The number of nitrogen functional groups attached to an aromatic ring is 1. The summed E-state index contributed by atoms with van der Waals surface area (Å²) in [7, 11) is 2.03. The number of benzene rings is 1. The van der Waals surface area contributed by atoms with Gasteiger partial charge in [-0.3, -0.25) is 0 Å². The third kappa shape index (κ3) is 6.85. The molecule has 0 atom stereocenters. The highest BCUT2D eigenvalue weighted by atomic mass is 32.2. The molecule has 13 heteroatoms. The maximum atomic E-state index is 13.8. The molecule has 35 heavy (non-hydrogen) atoms. The first-order valence-corrected chi connectivity index (χ1v) is 11.3. The van der Waals surface area contributed by atoms with E-state index in [1.165, 1.54) is 17.8 Å². The van der Waals surface area contributed by atoms with E-state index in [0.29, 0.717) is 16.7 Å². The molecular formula is C22H22F4N6O2S. The molecule has 0 unspecified atom stereocenters. The second-order valence-electron chi connectivity index (χ2n) is 7.75. The van der Waals surface area contributed by atoms with Gasteiger partial charge in [-0.15, -0.1) is 13.2 Å². The van der Waals surface area contributed by atoms with Crippen LogP contribution < -0.4 is 20.1 Å². The van der Waals surface area contributed by atoms with Crippen molar-refractivity contribution in [2.45, 2.75) is 22.8 Å². The van der Waals surface area contributed by atoms with Gasteiger partial charge < -0.3 is 25.0 Å². The average Bonchev–Trinajstić information content (AvgIpc) is 2.81. The van der Waals surface area contributed by atoms with Crippen molar-refractivity contribution in [2.24, 2.45) is 0 Å². The van der Waals surface area contributed by atoms with Gasteiger partial charge in [0.2, 0.25) is 11.8 Å². The monoisotopic (exact) mass is 510 g/mol. The summed E-state index contributed by atoms with van der Waals surface area (Å²) in [5, 5.41) is 0. The Hall–Kier alpha value is -3.32. The van der Waals surface area contributed by atoms with Crippen LogP contribution in [0.3, 0.4) is 0 Å². The number of pyridine rings is 1. The fourth-order valence-corrected chi connectivity index (χ4v) is 4.04. The summed E-state index contributed by atoms with van der Waals surface area (Å²) in [4.78, 5) is 18.7. The minimum absolute atomic E-state index is 0.165. The lowest BCUT2D eigenvalue weighted by molar-refractivity contribution is -0.275. The summed E-state index contributed by atoms with van der Waals surface area (Å²) in [6, 6.07) is 6.60. The SMILES string of the molecule is CN1CCN(c2ncc(Sc3ccc(N)nc3)c(OCc3ccc(F)c(OC(F)(F)F)c3)n2)CC1. The normalized spacial score (nSPS) is 14.7. The zero-order valence-corrected chi connectivity index (χ0v) is 19.4. The van der Waals surface area contributed by atoms with Crippen molar-refractivity contribution in [3.8, 4) is 11.6 Å². The van der Waals surface area contributed by atoms with Crippen LogP contribution in [-0.4, -0.2) is 59.4 Å². The third-order valence-corrected chi connectivity index (χ3v) is 6.06. The highest BCUT2D eigenvalue weighted by molar-refractivity contribution is 7.99. The largest absolute Gasteiger partial charge is 0.573 e. The molecule has 1 saturated heterocycles. The van der Waals surface area contributed by atoms with Crippen LogP contribution in [0.15, 0.2) is 52.5 Å². The van der Waals surface area contributed by atoms with Crippen LogP contribution in [0.4, 0.5) is 29.3 Å². The Kier molecular flexibility index (Phi) is 7.45. The number of likely N-dealkylation sites (N-methyl/N-ethyl adjacent to an activating group) is 1. The van der Waals surface area contributed by atoms with Gasteiger partial charge in [0.05, 0.1) is 11.1 Å². The molecule has 8 nitrogen and oxygen atoms in total. The molecule has 0 bridgehead atoms. The number of piperazine rings is 1. The van der Waals surface area contributed by atoms with Gasteiger partial charge in [0.15, 0.2) is 11.6 Å². The summed E-state index contributed by atoms with van der Waals surface area (Å²) < 4.78 is 61.1. The topological polar surface area (TPSA) is 89.6 Å². The molecule has 1 aromatic carbocycles. The predicted molar refractivity (Wildman–Crippen MR) is 122 cm³/mol. The Morgan fingerprint density at radius 2 is 1.83 bits per heavy atom. The molecule has 0 saturated carbocycles. The fraction of sp³-hybridized carbons (Fsp3) is 0.318. The second-order valence-corrected chi connectivity index (χ2v) is 8.87. The standard InChI is InChI=1S/C22H22F4N6O2S/c1-31-6-8-32(9-7-31)21-29-12-18(35-15-3-5-19(27)28-11-15)20(30-21)33-13-14-2-4-16(23)17(10-14)34-22(24,25)26/h2-5,10-12H,6-9,13H2,1H3,(H2,27,28). The summed E-state index contributed by atoms with van der Waals surface area (Å²) >= 11 is 1.30. The van der Waals surface area contributed by atoms with Crippen molar-refractivity contribution in [2.75, 3.05) is 43.9 Å². The molecule has 1 aliphatic rings. The molecule has 2 aromatic heterocycles. The molecule has 4 rings (SSSR count). The maximum Gasteiger partial charge on any atom is 0.573 e.